The monoisotopic (exact) mass is 380 g/mol. The molecule has 1 aromatic carbocycles. The summed E-state index contributed by atoms with van der Waals surface area (Å²) in [7, 11) is 0. The van der Waals surface area contributed by atoms with E-state index >= 15 is 0 Å². The number of piperidine rings is 1. The summed E-state index contributed by atoms with van der Waals surface area (Å²) >= 11 is 0. The highest BCUT2D eigenvalue weighted by atomic mass is 16.2. The van der Waals surface area contributed by atoms with Crippen LogP contribution >= 0.6 is 0 Å². The van der Waals surface area contributed by atoms with Gasteiger partial charge in [-0.3, -0.25) is 9.69 Å². The molecular formula is C25H36N2O. The molecule has 5 fully saturated rings. The van der Waals surface area contributed by atoms with Gasteiger partial charge < -0.3 is 5.32 Å². The topological polar surface area (TPSA) is 32.3 Å². The Hall–Kier alpha value is -1.35. The second-order valence-electron chi connectivity index (χ2n) is 10.6. The molecule has 1 aromatic rings. The lowest BCUT2D eigenvalue weighted by Crippen LogP contribution is -2.65. The SMILES string of the molecule is Cc1cc(C)c(NC(=O)C2CCCCN2C23CC4CC(CC(C4)C2)C3)c(C)c1. The third kappa shape index (κ3) is 3.10. The van der Waals surface area contributed by atoms with Crippen LogP contribution in [-0.4, -0.2) is 28.9 Å². The van der Waals surface area contributed by atoms with Crippen LogP contribution in [0.5, 0.6) is 0 Å². The average molecular weight is 381 g/mol. The number of carbonyl (C=O) groups excluding carboxylic acids is 1. The van der Waals surface area contributed by atoms with E-state index in [9.17, 15) is 4.79 Å². The summed E-state index contributed by atoms with van der Waals surface area (Å²) in [6, 6.07) is 4.42. The predicted molar refractivity (Wildman–Crippen MR) is 115 cm³/mol. The van der Waals surface area contributed by atoms with Crippen LogP contribution in [0.3, 0.4) is 0 Å². The molecule has 0 radical (unpaired) electrons. The molecule has 6 rings (SSSR count). The molecular weight excluding hydrogens is 344 g/mol. The van der Waals surface area contributed by atoms with Crippen molar-refractivity contribution in [2.24, 2.45) is 17.8 Å². The van der Waals surface area contributed by atoms with Crippen molar-refractivity contribution in [2.75, 3.05) is 11.9 Å². The van der Waals surface area contributed by atoms with Crippen molar-refractivity contribution in [3.8, 4) is 0 Å². The number of hydrogen-bond donors (Lipinski definition) is 1. The zero-order valence-corrected chi connectivity index (χ0v) is 17.9. The van der Waals surface area contributed by atoms with E-state index in [0.29, 0.717) is 5.54 Å². The standard InChI is InChI=1S/C25H36N2O/c1-16-8-17(2)23(18(3)9-16)26-24(28)22-6-4-5-7-27(22)25-13-19-10-20(14-25)12-21(11-19)15-25/h8-9,19-22H,4-7,10-15H2,1-3H3,(H,26,28). The molecule has 1 amide bonds. The highest BCUT2D eigenvalue weighted by Gasteiger charge is 2.55. The first-order chi connectivity index (χ1) is 13.4. The molecule has 0 aromatic heterocycles. The highest BCUT2D eigenvalue weighted by Crippen LogP contribution is 2.58. The Balaban J connectivity index is 1.40. The summed E-state index contributed by atoms with van der Waals surface area (Å²) in [4.78, 5) is 16.2. The summed E-state index contributed by atoms with van der Waals surface area (Å²) in [6.07, 6.45) is 11.9. The van der Waals surface area contributed by atoms with Gasteiger partial charge in [0.05, 0.1) is 6.04 Å². The highest BCUT2D eigenvalue weighted by molar-refractivity contribution is 5.96. The van der Waals surface area contributed by atoms with Gasteiger partial charge >= 0.3 is 0 Å². The number of rotatable bonds is 3. The Labute approximate surface area is 170 Å². The molecule has 1 unspecified atom stereocenters. The van der Waals surface area contributed by atoms with Gasteiger partial charge in [-0.05, 0) is 108 Å². The number of likely N-dealkylation sites (tertiary alicyclic amines) is 1. The van der Waals surface area contributed by atoms with E-state index in [2.05, 4.69) is 43.1 Å². The van der Waals surface area contributed by atoms with Crippen LogP contribution in [0.2, 0.25) is 0 Å². The van der Waals surface area contributed by atoms with Crippen LogP contribution in [-0.2, 0) is 4.79 Å². The van der Waals surface area contributed by atoms with Crippen LogP contribution in [0.25, 0.3) is 0 Å². The molecule has 1 N–H and O–H groups in total. The minimum atomic E-state index is 0.0603. The molecule has 152 valence electrons. The molecule has 3 nitrogen and oxygen atoms in total. The molecule has 28 heavy (non-hydrogen) atoms. The van der Waals surface area contributed by atoms with E-state index in [1.165, 1.54) is 68.1 Å². The Bertz CT molecular complexity index is 724. The van der Waals surface area contributed by atoms with Gasteiger partial charge in [0.2, 0.25) is 5.91 Å². The molecule has 4 aliphatic carbocycles. The summed E-state index contributed by atoms with van der Waals surface area (Å²) in [6.45, 7) is 7.48. The maximum atomic E-state index is 13.5. The quantitative estimate of drug-likeness (QED) is 0.764. The first-order valence-electron chi connectivity index (χ1n) is 11.6. The van der Waals surface area contributed by atoms with Crippen LogP contribution in [0.1, 0.15) is 74.5 Å². The molecule has 4 bridgehead atoms. The number of hydrogen-bond acceptors (Lipinski definition) is 2. The van der Waals surface area contributed by atoms with Gasteiger partial charge in [-0.2, -0.15) is 0 Å². The van der Waals surface area contributed by atoms with Gasteiger partial charge in [0.25, 0.3) is 0 Å². The minimum absolute atomic E-state index is 0.0603. The summed E-state index contributed by atoms with van der Waals surface area (Å²) in [5.41, 5.74) is 4.99. The van der Waals surface area contributed by atoms with Crippen LogP contribution in [0.15, 0.2) is 12.1 Å². The first kappa shape index (κ1) is 18.7. The smallest absolute Gasteiger partial charge is 0.241 e. The van der Waals surface area contributed by atoms with E-state index in [-0.39, 0.29) is 11.9 Å². The summed E-state index contributed by atoms with van der Waals surface area (Å²) in [5.74, 6) is 3.03. The zero-order valence-electron chi connectivity index (χ0n) is 17.9. The number of amides is 1. The van der Waals surface area contributed by atoms with Crippen molar-refractivity contribution in [1.82, 2.24) is 4.90 Å². The molecule has 1 saturated heterocycles. The van der Waals surface area contributed by atoms with Gasteiger partial charge in [-0.1, -0.05) is 24.1 Å². The van der Waals surface area contributed by atoms with Crippen molar-refractivity contribution < 1.29 is 4.79 Å². The molecule has 5 aliphatic rings. The second-order valence-corrected chi connectivity index (χ2v) is 10.6. The predicted octanol–water partition coefficient (Wildman–Crippen LogP) is 5.37. The third-order valence-electron chi connectivity index (χ3n) is 8.35. The maximum absolute atomic E-state index is 13.5. The van der Waals surface area contributed by atoms with E-state index in [4.69, 9.17) is 0 Å². The Morgan fingerprint density at radius 3 is 2.11 bits per heavy atom. The lowest BCUT2D eigenvalue weighted by molar-refractivity contribution is -0.140. The lowest BCUT2D eigenvalue weighted by Gasteiger charge is -2.62. The molecule has 1 aliphatic heterocycles. The van der Waals surface area contributed by atoms with Crippen LogP contribution in [0, 0.1) is 38.5 Å². The molecule has 4 saturated carbocycles. The fraction of sp³-hybridized carbons (Fsp3) is 0.720. The number of carbonyl (C=O) groups is 1. The number of aryl methyl sites for hydroxylation is 3. The van der Waals surface area contributed by atoms with E-state index in [1.54, 1.807) is 0 Å². The second kappa shape index (κ2) is 6.86. The van der Waals surface area contributed by atoms with Crippen molar-refractivity contribution in [3.05, 3.63) is 28.8 Å². The van der Waals surface area contributed by atoms with Gasteiger partial charge in [-0.25, -0.2) is 0 Å². The third-order valence-corrected chi connectivity index (χ3v) is 8.35. The number of benzene rings is 1. The van der Waals surface area contributed by atoms with Gasteiger partial charge in [0.15, 0.2) is 0 Å². The summed E-state index contributed by atoms with van der Waals surface area (Å²) < 4.78 is 0. The van der Waals surface area contributed by atoms with E-state index in [1.807, 2.05) is 0 Å². The van der Waals surface area contributed by atoms with Crippen LogP contribution in [0.4, 0.5) is 5.69 Å². The number of nitrogens with zero attached hydrogens (tertiary/aromatic N) is 1. The fourth-order valence-electron chi connectivity index (χ4n) is 7.77. The lowest BCUT2D eigenvalue weighted by atomic mass is 9.52. The van der Waals surface area contributed by atoms with Gasteiger partial charge in [-0.15, -0.1) is 0 Å². The maximum Gasteiger partial charge on any atom is 0.241 e. The largest absolute Gasteiger partial charge is 0.324 e. The van der Waals surface area contributed by atoms with Crippen molar-refractivity contribution in [1.29, 1.82) is 0 Å². The number of nitrogens with one attached hydrogen (secondary N) is 1. The molecule has 3 heteroatoms. The minimum Gasteiger partial charge on any atom is -0.324 e. The molecule has 1 heterocycles. The number of anilines is 1. The fourth-order valence-corrected chi connectivity index (χ4v) is 7.77. The van der Waals surface area contributed by atoms with Gasteiger partial charge in [0, 0.05) is 11.2 Å². The summed E-state index contributed by atoms with van der Waals surface area (Å²) in [5, 5.41) is 3.36. The van der Waals surface area contributed by atoms with Gasteiger partial charge in [0.1, 0.15) is 0 Å². The van der Waals surface area contributed by atoms with E-state index < -0.39 is 0 Å². The Morgan fingerprint density at radius 1 is 0.964 bits per heavy atom. The van der Waals surface area contributed by atoms with Crippen molar-refractivity contribution in [3.63, 3.8) is 0 Å². The zero-order chi connectivity index (χ0) is 19.5. The van der Waals surface area contributed by atoms with Crippen molar-refractivity contribution >= 4 is 11.6 Å². The van der Waals surface area contributed by atoms with E-state index in [0.717, 1.165) is 36.4 Å². The average Bonchev–Trinajstić information content (AvgIpc) is 2.63. The molecule has 1 atom stereocenters. The molecule has 0 spiro atoms. The van der Waals surface area contributed by atoms with Crippen molar-refractivity contribution in [2.45, 2.75) is 90.1 Å². The first-order valence-corrected chi connectivity index (χ1v) is 11.6. The Morgan fingerprint density at radius 2 is 1.54 bits per heavy atom. The Kier molecular flexibility index (Phi) is 4.58. The van der Waals surface area contributed by atoms with Crippen LogP contribution < -0.4 is 5.32 Å². The normalized spacial score (nSPS) is 37.2.